The van der Waals surface area contributed by atoms with Crippen LogP contribution >= 0.6 is 11.6 Å². The first-order valence-corrected chi connectivity index (χ1v) is 7.66. The van der Waals surface area contributed by atoms with Gasteiger partial charge in [0.15, 0.2) is 5.82 Å². The van der Waals surface area contributed by atoms with Crippen molar-refractivity contribution in [1.29, 1.82) is 0 Å². The van der Waals surface area contributed by atoms with Crippen LogP contribution in [0.2, 0.25) is 5.15 Å². The quantitative estimate of drug-likeness (QED) is 0.799. The Bertz CT molecular complexity index is 637. The highest BCUT2D eigenvalue weighted by Gasteiger charge is 2.34. The molecule has 2 atom stereocenters. The molecule has 0 N–H and O–H groups in total. The number of rotatable bonds is 2. The normalized spacial score (nSPS) is 24.3. The molecule has 4 nitrogen and oxygen atoms in total. The molecule has 0 amide bonds. The summed E-state index contributed by atoms with van der Waals surface area (Å²) in [5.41, 5.74) is 0.984. The first-order chi connectivity index (χ1) is 10.3. The molecule has 5 heteroatoms. The largest absolute Gasteiger partial charge is 0.371 e. The van der Waals surface area contributed by atoms with Crippen molar-refractivity contribution >= 4 is 17.4 Å². The molecule has 2 saturated heterocycles. The molecular formula is C16H16ClN3O. The molecule has 1 aromatic carbocycles. The van der Waals surface area contributed by atoms with Gasteiger partial charge in [-0.2, -0.15) is 0 Å². The standard InChI is InChI=1S/C16H16ClN3O/c17-14-8-15(20-9-12-6-7-13(10-20)21-12)19-16(18-14)11-4-2-1-3-5-11/h1-5,8,12-13H,6-7,9-10H2. The fourth-order valence-electron chi connectivity index (χ4n) is 3.09. The maximum atomic E-state index is 6.20. The number of fused-ring (bicyclic) bond motifs is 2. The van der Waals surface area contributed by atoms with Gasteiger partial charge in [-0.05, 0) is 12.8 Å². The van der Waals surface area contributed by atoms with Gasteiger partial charge in [-0.15, -0.1) is 0 Å². The molecule has 21 heavy (non-hydrogen) atoms. The first kappa shape index (κ1) is 13.0. The number of nitrogens with zero attached hydrogens (tertiary/aromatic N) is 3. The monoisotopic (exact) mass is 301 g/mol. The molecule has 0 saturated carbocycles. The Morgan fingerprint density at radius 1 is 1.05 bits per heavy atom. The summed E-state index contributed by atoms with van der Waals surface area (Å²) in [6.45, 7) is 1.77. The zero-order chi connectivity index (χ0) is 14.2. The van der Waals surface area contributed by atoms with Crippen molar-refractivity contribution in [2.45, 2.75) is 25.0 Å². The predicted molar refractivity (Wildman–Crippen MR) is 82.6 cm³/mol. The second-order valence-electron chi connectivity index (χ2n) is 5.60. The highest BCUT2D eigenvalue weighted by Crippen LogP contribution is 2.30. The van der Waals surface area contributed by atoms with Crippen LogP contribution in [0.5, 0.6) is 0 Å². The van der Waals surface area contributed by atoms with E-state index in [1.54, 1.807) is 0 Å². The molecule has 0 radical (unpaired) electrons. The molecule has 4 rings (SSSR count). The van der Waals surface area contributed by atoms with E-state index in [2.05, 4.69) is 9.88 Å². The molecule has 0 aliphatic carbocycles. The average Bonchev–Trinajstić information content (AvgIpc) is 2.86. The van der Waals surface area contributed by atoms with E-state index in [0.717, 1.165) is 37.3 Å². The predicted octanol–water partition coefficient (Wildman–Crippen LogP) is 3.16. The van der Waals surface area contributed by atoms with Gasteiger partial charge in [0.2, 0.25) is 0 Å². The second-order valence-corrected chi connectivity index (χ2v) is 5.99. The number of benzene rings is 1. The third kappa shape index (κ3) is 2.61. The molecule has 2 aromatic rings. The number of halogens is 1. The third-order valence-electron chi connectivity index (χ3n) is 4.08. The lowest BCUT2D eigenvalue weighted by Gasteiger charge is -2.33. The summed E-state index contributed by atoms with van der Waals surface area (Å²) in [6, 6.07) is 11.8. The van der Waals surface area contributed by atoms with Gasteiger partial charge in [0.1, 0.15) is 11.0 Å². The van der Waals surface area contributed by atoms with Gasteiger partial charge in [-0.1, -0.05) is 41.9 Å². The van der Waals surface area contributed by atoms with Crippen LogP contribution in [0.1, 0.15) is 12.8 Å². The van der Waals surface area contributed by atoms with E-state index in [0.29, 0.717) is 23.2 Å². The van der Waals surface area contributed by atoms with Crippen LogP contribution in [-0.4, -0.2) is 35.3 Å². The van der Waals surface area contributed by atoms with Gasteiger partial charge in [-0.25, -0.2) is 9.97 Å². The molecule has 2 aliphatic rings. The molecule has 2 aliphatic heterocycles. The minimum absolute atomic E-state index is 0.331. The van der Waals surface area contributed by atoms with Gasteiger partial charge >= 0.3 is 0 Å². The van der Waals surface area contributed by atoms with Gasteiger partial charge in [0, 0.05) is 24.7 Å². The second kappa shape index (κ2) is 5.28. The Kier molecular flexibility index (Phi) is 3.28. The third-order valence-corrected chi connectivity index (χ3v) is 4.27. The number of hydrogen-bond acceptors (Lipinski definition) is 4. The van der Waals surface area contributed by atoms with E-state index in [-0.39, 0.29) is 0 Å². The highest BCUT2D eigenvalue weighted by molar-refractivity contribution is 6.29. The summed E-state index contributed by atoms with van der Waals surface area (Å²) in [7, 11) is 0. The number of hydrogen-bond donors (Lipinski definition) is 0. The Balaban J connectivity index is 1.68. The van der Waals surface area contributed by atoms with Crippen molar-refractivity contribution in [1.82, 2.24) is 9.97 Å². The zero-order valence-corrected chi connectivity index (χ0v) is 12.3. The minimum atomic E-state index is 0.331. The number of anilines is 1. The summed E-state index contributed by atoms with van der Waals surface area (Å²) < 4.78 is 5.88. The van der Waals surface area contributed by atoms with Crippen LogP contribution in [-0.2, 0) is 4.74 Å². The zero-order valence-electron chi connectivity index (χ0n) is 11.6. The van der Waals surface area contributed by atoms with E-state index in [1.165, 1.54) is 0 Å². The number of ether oxygens (including phenoxy) is 1. The Morgan fingerprint density at radius 2 is 1.76 bits per heavy atom. The van der Waals surface area contributed by atoms with Crippen molar-refractivity contribution in [2.24, 2.45) is 0 Å². The Morgan fingerprint density at radius 3 is 2.48 bits per heavy atom. The van der Waals surface area contributed by atoms with Gasteiger partial charge < -0.3 is 9.64 Å². The summed E-state index contributed by atoms with van der Waals surface area (Å²) in [5, 5.41) is 0.484. The Labute approximate surface area is 128 Å². The lowest BCUT2D eigenvalue weighted by atomic mass is 10.2. The van der Waals surface area contributed by atoms with Crippen LogP contribution in [0.15, 0.2) is 36.4 Å². The lowest BCUT2D eigenvalue weighted by molar-refractivity contribution is 0.0302. The number of morpholine rings is 1. The van der Waals surface area contributed by atoms with Crippen molar-refractivity contribution in [2.75, 3.05) is 18.0 Å². The van der Waals surface area contributed by atoms with Gasteiger partial charge in [0.25, 0.3) is 0 Å². The van der Waals surface area contributed by atoms with Crippen molar-refractivity contribution < 1.29 is 4.74 Å². The fourth-order valence-corrected chi connectivity index (χ4v) is 3.26. The van der Waals surface area contributed by atoms with E-state index in [4.69, 9.17) is 21.3 Å². The van der Waals surface area contributed by atoms with Crippen LogP contribution in [0.25, 0.3) is 11.4 Å². The molecule has 1 aromatic heterocycles. The van der Waals surface area contributed by atoms with E-state index < -0.39 is 0 Å². The van der Waals surface area contributed by atoms with E-state index >= 15 is 0 Å². The molecule has 0 spiro atoms. The van der Waals surface area contributed by atoms with Crippen molar-refractivity contribution in [3.8, 4) is 11.4 Å². The molecule has 2 unspecified atom stereocenters. The van der Waals surface area contributed by atoms with E-state index in [1.807, 2.05) is 36.4 Å². The van der Waals surface area contributed by atoms with Crippen LogP contribution in [0.4, 0.5) is 5.82 Å². The van der Waals surface area contributed by atoms with E-state index in [9.17, 15) is 0 Å². The smallest absolute Gasteiger partial charge is 0.163 e. The van der Waals surface area contributed by atoms with Crippen LogP contribution in [0.3, 0.4) is 0 Å². The highest BCUT2D eigenvalue weighted by atomic mass is 35.5. The average molecular weight is 302 g/mol. The Hall–Kier alpha value is -1.65. The summed E-state index contributed by atoms with van der Waals surface area (Å²) >= 11 is 6.20. The maximum Gasteiger partial charge on any atom is 0.163 e. The van der Waals surface area contributed by atoms with Gasteiger partial charge in [-0.3, -0.25) is 0 Å². The molecule has 2 bridgehead atoms. The maximum absolute atomic E-state index is 6.20. The number of aromatic nitrogens is 2. The van der Waals surface area contributed by atoms with Crippen LogP contribution < -0.4 is 4.90 Å². The van der Waals surface area contributed by atoms with Gasteiger partial charge in [0.05, 0.1) is 12.2 Å². The first-order valence-electron chi connectivity index (χ1n) is 7.28. The SMILES string of the molecule is Clc1cc(N2CC3CCC(C2)O3)nc(-c2ccccc2)n1. The minimum Gasteiger partial charge on any atom is -0.371 e. The molecule has 108 valence electrons. The van der Waals surface area contributed by atoms with Crippen molar-refractivity contribution in [3.63, 3.8) is 0 Å². The lowest BCUT2D eigenvalue weighted by Crippen LogP contribution is -2.43. The molecule has 2 fully saturated rings. The summed E-state index contributed by atoms with van der Waals surface area (Å²) in [5.74, 6) is 1.57. The summed E-state index contributed by atoms with van der Waals surface area (Å²) in [6.07, 6.45) is 2.95. The summed E-state index contributed by atoms with van der Waals surface area (Å²) in [4.78, 5) is 11.3. The fraction of sp³-hybridized carbons (Fsp3) is 0.375. The van der Waals surface area contributed by atoms with Crippen molar-refractivity contribution in [3.05, 3.63) is 41.6 Å². The topological polar surface area (TPSA) is 38.2 Å². The molecule has 3 heterocycles. The molecular weight excluding hydrogens is 286 g/mol. The van der Waals surface area contributed by atoms with Crippen LogP contribution in [0, 0.1) is 0 Å².